The Hall–Kier alpha value is -3.53. The Morgan fingerprint density at radius 3 is 2.23 bits per heavy atom. The van der Waals surface area contributed by atoms with Crippen molar-refractivity contribution >= 4 is 33.6 Å². The summed E-state index contributed by atoms with van der Waals surface area (Å²) in [7, 11) is -3.84. The molecule has 0 saturated carbocycles. The summed E-state index contributed by atoms with van der Waals surface area (Å²) in [6.07, 6.45) is 0.979. The number of carbonyl (C=O) groups is 3. The fourth-order valence-corrected chi connectivity index (χ4v) is 5.18. The van der Waals surface area contributed by atoms with Crippen LogP contribution < -0.4 is 0 Å². The molecule has 2 amide bonds. The quantitative estimate of drug-likeness (QED) is 0.668. The van der Waals surface area contributed by atoms with Crippen molar-refractivity contribution in [2.75, 3.05) is 6.54 Å². The summed E-state index contributed by atoms with van der Waals surface area (Å²) in [6.45, 7) is 0.393. The molecule has 30 heavy (non-hydrogen) atoms. The van der Waals surface area contributed by atoms with Crippen LogP contribution in [0, 0.1) is 0 Å². The summed E-state index contributed by atoms with van der Waals surface area (Å²) in [4.78, 5) is 44.6. The van der Waals surface area contributed by atoms with Gasteiger partial charge < -0.3 is 9.74 Å². The highest BCUT2D eigenvalue weighted by atomic mass is 32.2. The van der Waals surface area contributed by atoms with Crippen molar-refractivity contribution in [3.8, 4) is 0 Å². The number of imide groups is 1. The lowest BCUT2D eigenvalue weighted by Gasteiger charge is -2.25. The number of hydroxylamine groups is 2. The minimum Gasteiger partial charge on any atom is -0.342 e. The molecule has 3 heterocycles. The molecule has 2 aromatic rings. The van der Waals surface area contributed by atoms with Crippen LogP contribution in [0.3, 0.4) is 0 Å². The Kier molecular flexibility index (Phi) is 4.00. The van der Waals surface area contributed by atoms with E-state index in [1.807, 2.05) is 0 Å². The zero-order chi connectivity index (χ0) is 21.0. The van der Waals surface area contributed by atoms with E-state index in [1.165, 1.54) is 18.2 Å². The van der Waals surface area contributed by atoms with E-state index in [4.69, 9.17) is 4.84 Å². The van der Waals surface area contributed by atoms with E-state index in [0.29, 0.717) is 30.0 Å². The molecule has 10 heteroatoms. The lowest BCUT2D eigenvalue weighted by molar-refractivity contribution is -0.172. The highest BCUT2D eigenvalue weighted by Crippen LogP contribution is 2.32. The summed E-state index contributed by atoms with van der Waals surface area (Å²) in [5, 5.41) is 0.463. The number of carbonyl (C=O) groups excluding carboxylic acids is 3. The van der Waals surface area contributed by atoms with E-state index >= 15 is 0 Å². The van der Waals surface area contributed by atoms with E-state index < -0.39 is 33.8 Å². The molecule has 1 saturated heterocycles. The molecule has 1 fully saturated rings. The molecule has 1 atom stereocenters. The number of hydrogen-bond donors (Lipinski definition) is 0. The van der Waals surface area contributed by atoms with Gasteiger partial charge in [-0.05, 0) is 37.1 Å². The zero-order valence-electron chi connectivity index (χ0n) is 15.5. The number of sulfonamides is 1. The van der Waals surface area contributed by atoms with E-state index in [0.717, 1.165) is 0 Å². The third-order valence-electron chi connectivity index (χ3n) is 5.35. The Morgan fingerprint density at radius 1 is 0.967 bits per heavy atom. The van der Waals surface area contributed by atoms with Crippen LogP contribution in [0.5, 0.6) is 0 Å². The second kappa shape index (κ2) is 6.49. The molecule has 0 bridgehead atoms. The van der Waals surface area contributed by atoms with Crippen LogP contribution in [0.25, 0.3) is 0 Å². The normalized spacial score (nSPS) is 21.5. The molecule has 5 rings (SSSR count). The van der Waals surface area contributed by atoms with Crippen molar-refractivity contribution in [2.24, 2.45) is 4.40 Å². The number of likely N-dealkylation sites (tertiary alicyclic amines) is 1. The lowest BCUT2D eigenvalue weighted by Crippen LogP contribution is -2.44. The molecule has 0 spiro atoms. The third kappa shape index (κ3) is 2.64. The van der Waals surface area contributed by atoms with Gasteiger partial charge in [0.2, 0.25) is 0 Å². The summed E-state index contributed by atoms with van der Waals surface area (Å²) in [6, 6.07) is 11.7. The van der Waals surface area contributed by atoms with Gasteiger partial charge in [0.05, 0.1) is 11.1 Å². The molecule has 3 aliphatic rings. The number of amides is 2. The minimum atomic E-state index is -3.84. The molecular weight excluding hydrogens is 410 g/mol. The van der Waals surface area contributed by atoms with Crippen LogP contribution in [0.4, 0.5) is 0 Å². The number of benzene rings is 2. The van der Waals surface area contributed by atoms with Crippen LogP contribution >= 0.6 is 0 Å². The van der Waals surface area contributed by atoms with E-state index in [9.17, 15) is 22.8 Å². The Bertz CT molecular complexity index is 1220. The van der Waals surface area contributed by atoms with E-state index in [2.05, 4.69) is 4.40 Å². The average Bonchev–Trinajstić information content (AvgIpc) is 3.39. The molecule has 0 radical (unpaired) electrons. The van der Waals surface area contributed by atoms with Crippen molar-refractivity contribution in [1.82, 2.24) is 9.96 Å². The summed E-state index contributed by atoms with van der Waals surface area (Å²) in [5.74, 6) is -2.06. The van der Waals surface area contributed by atoms with Gasteiger partial charge in [0.25, 0.3) is 21.8 Å². The zero-order valence-corrected chi connectivity index (χ0v) is 16.3. The van der Waals surface area contributed by atoms with Gasteiger partial charge in [0, 0.05) is 12.1 Å². The van der Waals surface area contributed by atoms with Gasteiger partial charge in [-0.2, -0.15) is 8.42 Å². The van der Waals surface area contributed by atoms with Crippen molar-refractivity contribution in [1.29, 1.82) is 0 Å². The van der Waals surface area contributed by atoms with Gasteiger partial charge in [-0.1, -0.05) is 29.3 Å². The van der Waals surface area contributed by atoms with Crippen molar-refractivity contribution in [3.63, 3.8) is 0 Å². The first-order valence-corrected chi connectivity index (χ1v) is 10.7. The van der Waals surface area contributed by atoms with Crippen LogP contribution in [-0.4, -0.2) is 54.6 Å². The van der Waals surface area contributed by atoms with Gasteiger partial charge in [0.1, 0.15) is 10.9 Å². The first-order valence-electron chi connectivity index (χ1n) is 9.29. The second-order valence-corrected chi connectivity index (χ2v) is 8.67. The monoisotopic (exact) mass is 425 g/mol. The average molecular weight is 425 g/mol. The molecule has 152 valence electrons. The summed E-state index contributed by atoms with van der Waals surface area (Å²) >= 11 is 0. The molecule has 9 nitrogen and oxygen atoms in total. The number of amidine groups is 1. The molecule has 0 N–H and O–H groups in total. The van der Waals surface area contributed by atoms with E-state index in [-0.39, 0.29) is 21.9 Å². The lowest BCUT2D eigenvalue weighted by atomic mass is 10.1. The molecule has 1 unspecified atom stereocenters. The fraction of sp³-hybridized carbons (Fsp3) is 0.200. The van der Waals surface area contributed by atoms with E-state index in [1.54, 1.807) is 35.2 Å². The summed E-state index contributed by atoms with van der Waals surface area (Å²) in [5.41, 5.74) is 0.746. The Balaban J connectivity index is 1.41. The highest BCUT2D eigenvalue weighted by molar-refractivity contribution is 7.90. The molecule has 0 aliphatic carbocycles. The highest BCUT2D eigenvalue weighted by Gasteiger charge is 2.44. The summed E-state index contributed by atoms with van der Waals surface area (Å²) < 4.78 is 28.6. The first kappa shape index (κ1) is 18.5. The minimum absolute atomic E-state index is 0.0827. The maximum absolute atomic E-state index is 12.9. The number of hydrogen-bond acceptors (Lipinski definition) is 7. The predicted octanol–water partition coefficient (Wildman–Crippen LogP) is 1.35. The van der Waals surface area contributed by atoms with Gasteiger partial charge in [-0.15, -0.1) is 4.40 Å². The Morgan fingerprint density at radius 2 is 1.57 bits per heavy atom. The fourth-order valence-electron chi connectivity index (χ4n) is 3.96. The maximum atomic E-state index is 12.9. The number of rotatable bonds is 2. The molecular formula is C20H15N3O6S. The smallest absolute Gasteiger partial charge is 0.342 e. The third-order valence-corrected chi connectivity index (χ3v) is 6.67. The van der Waals surface area contributed by atoms with Crippen LogP contribution in [0.15, 0.2) is 57.8 Å². The maximum Gasteiger partial charge on any atom is 0.355 e. The van der Waals surface area contributed by atoms with Crippen molar-refractivity contribution in [3.05, 3.63) is 65.2 Å². The number of nitrogens with zero attached hydrogens (tertiary/aromatic N) is 3. The van der Waals surface area contributed by atoms with Gasteiger partial charge in [-0.3, -0.25) is 9.59 Å². The second-order valence-electron chi connectivity index (χ2n) is 7.10. The topological polar surface area (TPSA) is 113 Å². The molecule has 0 aromatic heterocycles. The molecule has 2 aromatic carbocycles. The van der Waals surface area contributed by atoms with Crippen molar-refractivity contribution in [2.45, 2.75) is 23.8 Å². The predicted molar refractivity (Wildman–Crippen MR) is 103 cm³/mol. The van der Waals surface area contributed by atoms with Gasteiger partial charge >= 0.3 is 5.97 Å². The van der Waals surface area contributed by atoms with Gasteiger partial charge in [-0.25, -0.2) is 4.79 Å². The van der Waals surface area contributed by atoms with Crippen LogP contribution in [0.1, 0.15) is 39.1 Å². The standard InChI is InChI=1S/C20H15N3O6S/c24-18-12-6-1-2-7-13(12)19(25)23(18)29-20(26)15-9-5-11-22(15)17-14-8-3-4-10-16(14)30(27,28)21-17/h1-4,6-8,10,15H,5,9,11H2. The Labute approximate surface area is 171 Å². The SMILES string of the molecule is O=C(ON1C(=O)c2ccccc2C1=O)C1CCCN1C1=NS(=O)(=O)c2ccccc21. The number of fused-ring (bicyclic) bond motifs is 2. The van der Waals surface area contributed by atoms with Gasteiger partial charge in [0.15, 0.2) is 5.84 Å². The first-order chi connectivity index (χ1) is 14.4. The van der Waals surface area contributed by atoms with Crippen LogP contribution in [0.2, 0.25) is 0 Å². The van der Waals surface area contributed by atoms with Crippen molar-refractivity contribution < 1.29 is 27.6 Å². The largest absolute Gasteiger partial charge is 0.355 e. The van der Waals surface area contributed by atoms with Crippen LogP contribution in [-0.2, 0) is 19.7 Å². The molecule has 3 aliphatic heterocycles.